The third-order valence-corrected chi connectivity index (χ3v) is 2.29. The predicted molar refractivity (Wildman–Crippen MR) is 64.8 cm³/mol. The van der Waals surface area contributed by atoms with E-state index in [9.17, 15) is 4.79 Å². The number of nitrogens with two attached hydrogens (primary N) is 3. The van der Waals surface area contributed by atoms with Crippen LogP contribution in [0.5, 0.6) is 0 Å². The molecule has 2 rings (SSSR count). The van der Waals surface area contributed by atoms with Gasteiger partial charge >= 0.3 is 0 Å². The number of primary amides is 1. The van der Waals surface area contributed by atoms with Crippen LogP contribution in [0.1, 0.15) is 10.4 Å². The monoisotopic (exact) mass is 229 g/mol. The molecule has 6 N–H and O–H groups in total. The molecule has 0 aliphatic carbocycles. The van der Waals surface area contributed by atoms with Gasteiger partial charge in [-0.1, -0.05) is 12.1 Å². The van der Waals surface area contributed by atoms with Crippen LogP contribution in [-0.2, 0) is 0 Å². The highest BCUT2D eigenvalue weighted by atomic mass is 16.1. The number of hydrogen-bond donors (Lipinski definition) is 3. The van der Waals surface area contributed by atoms with E-state index in [1.165, 1.54) is 6.20 Å². The number of hydrogen-bond acceptors (Lipinski definition) is 5. The highest BCUT2D eigenvalue weighted by Gasteiger charge is 2.07. The van der Waals surface area contributed by atoms with Crippen molar-refractivity contribution in [3.05, 3.63) is 36.0 Å². The second-order valence-corrected chi connectivity index (χ2v) is 3.47. The highest BCUT2D eigenvalue weighted by molar-refractivity contribution is 5.94. The average Bonchev–Trinajstić information content (AvgIpc) is 2.29. The molecule has 0 fully saturated rings. The Balaban J connectivity index is 2.53. The van der Waals surface area contributed by atoms with E-state index in [1.807, 2.05) is 0 Å². The fourth-order valence-corrected chi connectivity index (χ4v) is 1.47. The normalized spacial score (nSPS) is 10.1. The number of nitrogens with zero attached hydrogens (tertiary/aromatic N) is 2. The number of rotatable bonds is 2. The SMILES string of the molecule is NC(=O)c1cccc(-c2cnc(N)nc2N)c1. The van der Waals surface area contributed by atoms with E-state index in [2.05, 4.69) is 9.97 Å². The number of nitrogen functional groups attached to an aromatic ring is 2. The Labute approximate surface area is 97.5 Å². The smallest absolute Gasteiger partial charge is 0.248 e. The van der Waals surface area contributed by atoms with Gasteiger partial charge < -0.3 is 17.2 Å². The molecular formula is C11H11N5O. The average molecular weight is 229 g/mol. The molecule has 0 saturated heterocycles. The molecule has 1 heterocycles. The van der Waals surface area contributed by atoms with Crippen molar-refractivity contribution in [3.8, 4) is 11.1 Å². The van der Waals surface area contributed by atoms with Crippen molar-refractivity contribution in [2.45, 2.75) is 0 Å². The lowest BCUT2D eigenvalue weighted by Crippen LogP contribution is -2.10. The molecule has 6 heteroatoms. The van der Waals surface area contributed by atoms with Crippen LogP contribution in [0.15, 0.2) is 30.5 Å². The van der Waals surface area contributed by atoms with Crippen LogP contribution in [0.3, 0.4) is 0 Å². The first-order valence-electron chi connectivity index (χ1n) is 4.86. The first-order chi connectivity index (χ1) is 8.08. The second kappa shape index (κ2) is 4.09. The van der Waals surface area contributed by atoms with Crippen molar-refractivity contribution < 1.29 is 4.79 Å². The zero-order valence-corrected chi connectivity index (χ0v) is 8.92. The number of carbonyl (C=O) groups is 1. The molecule has 1 amide bonds. The van der Waals surface area contributed by atoms with Gasteiger partial charge in [-0.2, -0.15) is 4.98 Å². The van der Waals surface area contributed by atoms with E-state index in [1.54, 1.807) is 24.3 Å². The molecule has 6 nitrogen and oxygen atoms in total. The fourth-order valence-electron chi connectivity index (χ4n) is 1.47. The Morgan fingerprint density at radius 1 is 1.24 bits per heavy atom. The Morgan fingerprint density at radius 3 is 2.65 bits per heavy atom. The van der Waals surface area contributed by atoms with Gasteiger partial charge in [-0.05, 0) is 17.7 Å². The summed E-state index contributed by atoms with van der Waals surface area (Å²) in [5.74, 6) is -0.127. The van der Waals surface area contributed by atoms with Gasteiger partial charge in [0.25, 0.3) is 0 Å². The maximum atomic E-state index is 11.1. The van der Waals surface area contributed by atoms with Crippen LogP contribution in [-0.4, -0.2) is 15.9 Å². The summed E-state index contributed by atoms with van der Waals surface area (Å²) in [4.78, 5) is 18.8. The summed E-state index contributed by atoms with van der Waals surface area (Å²) in [5.41, 5.74) is 18.1. The number of amides is 1. The van der Waals surface area contributed by atoms with Gasteiger partial charge in [0.1, 0.15) is 5.82 Å². The van der Waals surface area contributed by atoms with E-state index >= 15 is 0 Å². The van der Waals surface area contributed by atoms with Gasteiger partial charge in [-0.3, -0.25) is 4.79 Å². The Morgan fingerprint density at radius 2 is 2.00 bits per heavy atom. The van der Waals surface area contributed by atoms with Crippen LogP contribution in [0, 0.1) is 0 Å². The third-order valence-electron chi connectivity index (χ3n) is 2.29. The van der Waals surface area contributed by atoms with Crippen molar-refractivity contribution in [3.63, 3.8) is 0 Å². The summed E-state index contributed by atoms with van der Waals surface area (Å²) in [6.07, 6.45) is 1.51. The molecule has 2 aromatic rings. The maximum absolute atomic E-state index is 11.1. The third kappa shape index (κ3) is 2.15. The lowest BCUT2D eigenvalue weighted by Gasteiger charge is -2.06. The highest BCUT2D eigenvalue weighted by Crippen LogP contribution is 2.24. The standard InChI is InChI=1S/C11H11N5O/c12-9-8(5-15-11(14)16-9)6-2-1-3-7(4-6)10(13)17/h1-5H,(H2,13,17)(H4,12,14,15,16). The van der Waals surface area contributed by atoms with Crippen LogP contribution < -0.4 is 17.2 Å². The molecule has 0 aliphatic heterocycles. The topological polar surface area (TPSA) is 121 Å². The molecule has 86 valence electrons. The summed E-state index contributed by atoms with van der Waals surface area (Å²) >= 11 is 0. The maximum Gasteiger partial charge on any atom is 0.248 e. The minimum Gasteiger partial charge on any atom is -0.383 e. The Kier molecular flexibility index (Phi) is 2.61. The quantitative estimate of drug-likeness (QED) is 0.688. The lowest BCUT2D eigenvalue weighted by atomic mass is 10.0. The van der Waals surface area contributed by atoms with Gasteiger partial charge in [0.2, 0.25) is 11.9 Å². The largest absolute Gasteiger partial charge is 0.383 e. The minimum atomic E-state index is -0.498. The number of aromatic nitrogens is 2. The summed E-state index contributed by atoms with van der Waals surface area (Å²) in [5, 5.41) is 0. The number of benzene rings is 1. The molecule has 0 unspecified atom stereocenters. The molecule has 0 bridgehead atoms. The van der Waals surface area contributed by atoms with Crippen LogP contribution in [0.2, 0.25) is 0 Å². The molecule has 0 atom stereocenters. The molecule has 1 aromatic heterocycles. The van der Waals surface area contributed by atoms with E-state index in [0.717, 1.165) is 5.56 Å². The van der Waals surface area contributed by atoms with Gasteiger partial charge in [-0.25, -0.2) is 4.98 Å². The molecular weight excluding hydrogens is 218 g/mol. The zero-order chi connectivity index (χ0) is 12.4. The fraction of sp³-hybridized carbons (Fsp3) is 0. The van der Waals surface area contributed by atoms with E-state index in [-0.39, 0.29) is 11.8 Å². The predicted octanol–water partition coefficient (Wildman–Crippen LogP) is 0.407. The van der Waals surface area contributed by atoms with E-state index in [4.69, 9.17) is 17.2 Å². The molecule has 0 radical (unpaired) electrons. The van der Waals surface area contributed by atoms with Crippen molar-refractivity contribution in [1.82, 2.24) is 9.97 Å². The lowest BCUT2D eigenvalue weighted by molar-refractivity contribution is 0.100. The van der Waals surface area contributed by atoms with Gasteiger partial charge in [-0.15, -0.1) is 0 Å². The van der Waals surface area contributed by atoms with Crippen molar-refractivity contribution in [2.75, 3.05) is 11.5 Å². The van der Waals surface area contributed by atoms with Crippen LogP contribution >= 0.6 is 0 Å². The first-order valence-corrected chi connectivity index (χ1v) is 4.86. The Hall–Kier alpha value is -2.63. The van der Waals surface area contributed by atoms with E-state index in [0.29, 0.717) is 11.1 Å². The first kappa shape index (κ1) is 10.9. The number of anilines is 2. The molecule has 0 saturated carbocycles. The van der Waals surface area contributed by atoms with Crippen LogP contribution in [0.25, 0.3) is 11.1 Å². The summed E-state index contributed by atoms with van der Waals surface area (Å²) in [7, 11) is 0. The van der Waals surface area contributed by atoms with Crippen LogP contribution in [0.4, 0.5) is 11.8 Å². The summed E-state index contributed by atoms with van der Waals surface area (Å²) in [6, 6.07) is 6.76. The Bertz CT molecular complexity index is 582. The zero-order valence-electron chi connectivity index (χ0n) is 8.92. The van der Waals surface area contributed by atoms with Crippen molar-refractivity contribution in [1.29, 1.82) is 0 Å². The van der Waals surface area contributed by atoms with Crippen molar-refractivity contribution >= 4 is 17.7 Å². The van der Waals surface area contributed by atoms with Crippen molar-refractivity contribution in [2.24, 2.45) is 5.73 Å². The van der Waals surface area contributed by atoms with Gasteiger partial charge in [0.05, 0.1) is 0 Å². The minimum absolute atomic E-state index is 0.109. The molecule has 0 spiro atoms. The van der Waals surface area contributed by atoms with Gasteiger partial charge in [0, 0.05) is 17.3 Å². The molecule has 17 heavy (non-hydrogen) atoms. The molecule has 0 aliphatic rings. The van der Waals surface area contributed by atoms with E-state index < -0.39 is 5.91 Å². The summed E-state index contributed by atoms with van der Waals surface area (Å²) < 4.78 is 0. The van der Waals surface area contributed by atoms with Gasteiger partial charge in [0.15, 0.2) is 0 Å². The summed E-state index contributed by atoms with van der Waals surface area (Å²) in [6.45, 7) is 0. The molecule has 1 aromatic carbocycles. The second-order valence-electron chi connectivity index (χ2n) is 3.47. The number of carbonyl (C=O) groups excluding carboxylic acids is 1.